The lowest BCUT2D eigenvalue weighted by atomic mass is 9.70. The quantitative estimate of drug-likeness (QED) is 0.686. The third kappa shape index (κ3) is 5.50. The van der Waals surface area contributed by atoms with E-state index < -0.39 is 0 Å². The maximum absolute atomic E-state index is 11.8. The number of ether oxygens (including phenoxy) is 1. The number of amides is 1. The number of methoxy groups -OCH3 is 1. The molecular weight excluding hydrogens is 368 g/mol. The second-order valence-electron chi connectivity index (χ2n) is 8.09. The van der Waals surface area contributed by atoms with E-state index in [0.29, 0.717) is 42.0 Å². The number of hydrogen-bond donors (Lipinski definition) is 1. The van der Waals surface area contributed by atoms with E-state index >= 15 is 0 Å². The van der Waals surface area contributed by atoms with Gasteiger partial charge in [0.05, 0.1) is 0 Å². The Morgan fingerprint density at radius 2 is 2.07 bits per heavy atom. The van der Waals surface area contributed by atoms with Gasteiger partial charge in [-0.2, -0.15) is 0 Å². The Bertz CT molecular complexity index is 832. The minimum Gasteiger partial charge on any atom is -0.421 e. The summed E-state index contributed by atoms with van der Waals surface area (Å²) in [7, 11) is 1.53. The minimum absolute atomic E-state index is 0.0716. The lowest BCUT2D eigenvalue weighted by molar-refractivity contribution is -0.124. The predicted octanol–water partition coefficient (Wildman–Crippen LogP) is 3.29. The van der Waals surface area contributed by atoms with E-state index in [1.54, 1.807) is 12.4 Å². The molecule has 1 N–H and O–H groups in total. The van der Waals surface area contributed by atoms with Crippen LogP contribution in [0.5, 0.6) is 0 Å². The van der Waals surface area contributed by atoms with E-state index in [1.165, 1.54) is 12.7 Å². The minimum atomic E-state index is -0.0716. The predicted molar refractivity (Wildman–Crippen MR) is 110 cm³/mol. The molecule has 1 aliphatic rings. The van der Waals surface area contributed by atoms with Gasteiger partial charge in [-0.25, -0.2) is 0 Å². The van der Waals surface area contributed by atoms with Gasteiger partial charge in [0, 0.05) is 38.0 Å². The normalized spacial score (nSPS) is 21.8. The fraction of sp³-hybridized carbons (Fsp3) is 0.545. The summed E-state index contributed by atoms with van der Waals surface area (Å²) in [5.41, 5.74) is 2.19. The molecule has 0 bridgehead atoms. The molecule has 3 rings (SSSR count). The van der Waals surface area contributed by atoms with Crippen LogP contribution in [0, 0.1) is 23.7 Å². The van der Waals surface area contributed by atoms with Crippen molar-refractivity contribution in [3.63, 3.8) is 0 Å². The van der Waals surface area contributed by atoms with Crippen molar-refractivity contribution in [1.29, 1.82) is 0 Å². The van der Waals surface area contributed by atoms with Crippen molar-refractivity contribution >= 4 is 5.91 Å². The molecule has 0 spiro atoms. The standard InChI is InChI=1S/C22H30N4O3/c1-14(2)19-10-17(15(3)9-18(19)12-24-20(27)13-28-4)11-21-25-26-22(29-21)16-5-7-23-8-6-16/h5-9,14,17-19H,10-13H2,1-4H3,(H,24,27)/t17-,18-,19-/m0/s1. The summed E-state index contributed by atoms with van der Waals surface area (Å²) in [5.74, 6) is 2.79. The van der Waals surface area contributed by atoms with Crippen LogP contribution in [0.3, 0.4) is 0 Å². The van der Waals surface area contributed by atoms with Crippen LogP contribution in [0.2, 0.25) is 0 Å². The first-order valence-electron chi connectivity index (χ1n) is 10.1. The van der Waals surface area contributed by atoms with Crippen molar-refractivity contribution in [1.82, 2.24) is 20.5 Å². The summed E-state index contributed by atoms with van der Waals surface area (Å²) < 4.78 is 10.8. The largest absolute Gasteiger partial charge is 0.421 e. The molecule has 0 unspecified atom stereocenters. The molecule has 0 saturated carbocycles. The van der Waals surface area contributed by atoms with Crippen LogP contribution in [0.25, 0.3) is 11.5 Å². The number of nitrogens with zero attached hydrogens (tertiary/aromatic N) is 3. The van der Waals surface area contributed by atoms with Crippen LogP contribution in [0.1, 0.15) is 33.1 Å². The highest BCUT2D eigenvalue weighted by atomic mass is 16.5. The number of nitrogens with one attached hydrogen (secondary N) is 1. The van der Waals surface area contributed by atoms with Crippen LogP contribution in [0.4, 0.5) is 0 Å². The molecule has 2 aromatic heterocycles. The van der Waals surface area contributed by atoms with Gasteiger partial charge >= 0.3 is 0 Å². The average molecular weight is 399 g/mol. The number of rotatable bonds is 8. The number of pyridine rings is 1. The maximum atomic E-state index is 11.8. The fourth-order valence-electron chi connectivity index (χ4n) is 4.08. The van der Waals surface area contributed by atoms with Gasteiger partial charge in [-0.3, -0.25) is 9.78 Å². The Morgan fingerprint density at radius 1 is 1.31 bits per heavy atom. The monoisotopic (exact) mass is 398 g/mol. The molecular formula is C22H30N4O3. The number of allylic oxidation sites excluding steroid dienone is 1. The lowest BCUT2D eigenvalue weighted by Gasteiger charge is -2.37. The molecule has 1 aliphatic carbocycles. The van der Waals surface area contributed by atoms with E-state index in [2.05, 4.69) is 47.3 Å². The second kappa shape index (κ2) is 9.78. The van der Waals surface area contributed by atoms with E-state index in [-0.39, 0.29) is 12.5 Å². The number of carbonyl (C=O) groups is 1. The Hall–Kier alpha value is -2.54. The molecule has 1 amide bonds. The molecule has 156 valence electrons. The third-order valence-electron chi connectivity index (χ3n) is 5.71. The van der Waals surface area contributed by atoms with Crippen molar-refractivity contribution in [2.75, 3.05) is 20.3 Å². The van der Waals surface area contributed by atoms with Gasteiger partial charge in [-0.1, -0.05) is 25.5 Å². The molecule has 2 heterocycles. The Morgan fingerprint density at radius 3 is 2.76 bits per heavy atom. The van der Waals surface area contributed by atoms with Crippen LogP contribution in [-0.4, -0.2) is 41.3 Å². The van der Waals surface area contributed by atoms with Crippen molar-refractivity contribution in [3.05, 3.63) is 42.1 Å². The molecule has 3 atom stereocenters. The van der Waals surface area contributed by atoms with E-state index in [9.17, 15) is 4.79 Å². The van der Waals surface area contributed by atoms with Crippen molar-refractivity contribution < 1.29 is 13.9 Å². The smallest absolute Gasteiger partial charge is 0.247 e. The topological polar surface area (TPSA) is 90.1 Å². The maximum Gasteiger partial charge on any atom is 0.247 e. The third-order valence-corrected chi connectivity index (χ3v) is 5.71. The number of carbonyl (C=O) groups excluding carboxylic acids is 1. The van der Waals surface area contributed by atoms with Gasteiger partial charge in [-0.05, 0) is 49.1 Å². The highest BCUT2D eigenvalue weighted by Gasteiger charge is 2.32. The molecule has 29 heavy (non-hydrogen) atoms. The van der Waals surface area contributed by atoms with E-state index in [0.717, 1.165) is 18.4 Å². The highest BCUT2D eigenvalue weighted by molar-refractivity contribution is 5.77. The van der Waals surface area contributed by atoms with Crippen molar-refractivity contribution in [2.45, 2.75) is 33.6 Å². The Balaban J connectivity index is 1.68. The summed E-state index contributed by atoms with van der Waals surface area (Å²) >= 11 is 0. The van der Waals surface area contributed by atoms with Gasteiger partial charge in [0.25, 0.3) is 0 Å². The zero-order chi connectivity index (χ0) is 20.8. The van der Waals surface area contributed by atoms with Crippen LogP contribution in [0.15, 0.2) is 40.6 Å². The van der Waals surface area contributed by atoms with Crippen LogP contribution in [-0.2, 0) is 16.0 Å². The SMILES string of the molecule is COCC(=O)NC[C@@H]1C=C(C)[C@H](Cc2nnc(-c3ccncc3)o2)C[C@H]1C(C)C. The summed E-state index contributed by atoms with van der Waals surface area (Å²) in [6.45, 7) is 7.39. The van der Waals surface area contributed by atoms with Gasteiger partial charge in [0.1, 0.15) is 6.61 Å². The molecule has 0 radical (unpaired) electrons. The highest BCUT2D eigenvalue weighted by Crippen LogP contribution is 2.38. The Labute approximate surface area is 172 Å². The lowest BCUT2D eigenvalue weighted by Crippen LogP contribution is -2.38. The molecule has 0 fully saturated rings. The molecule has 2 aromatic rings. The van der Waals surface area contributed by atoms with Gasteiger partial charge in [0.2, 0.25) is 17.7 Å². The number of aromatic nitrogens is 3. The van der Waals surface area contributed by atoms with E-state index in [4.69, 9.17) is 9.15 Å². The molecule has 7 nitrogen and oxygen atoms in total. The van der Waals surface area contributed by atoms with Crippen molar-refractivity contribution in [2.24, 2.45) is 23.7 Å². The zero-order valence-electron chi connectivity index (χ0n) is 17.6. The average Bonchev–Trinajstić information content (AvgIpc) is 3.17. The Kier molecular flexibility index (Phi) is 7.14. The molecule has 7 heteroatoms. The van der Waals surface area contributed by atoms with Crippen molar-refractivity contribution in [3.8, 4) is 11.5 Å². The molecule has 0 saturated heterocycles. The van der Waals surface area contributed by atoms with Gasteiger partial charge < -0.3 is 14.5 Å². The number of hydrogen-bond acceptors (Lipinski definition) is 6. The summed E-state index contributed by atoms with van der Waals surface area (Å²) in [6.07, 6.45) is 7.51. The van der Waals surface area contributed by atoms with Gasteiger partial charge in [0.15, 0.2) is 0 Å². The van der Waals surface area contributed by atoms with Gasteiger partial charge in [-0.15, -0.1) is 10.2 Å². The summed E-state index contributed by atoms with van der Waals surface area (Å²) in [5, 5.41) is 11.4. The first-order chi connectivity index (χ1) is 14.0. The molecule has 0 aliphatic heterocycles. The second-order valence-corrected chi connectivity index (χ2v) is 8.09. The van der Waals surface area contributed by atoms with Crippen LogP contribution >= 0.6 is 0 Å². The first-order valence-corrected chi connectivity index (χ1v) is 10.1. The molecule has 0 aromatic carbocycles. The first kappa shape index (κ1) is 21.2. The van der Waals surface area contributed by atoms with Crippen LogP contribution < -0.4 is 5.32 Å². The summed E-state index contributed by atoms with van der Waals surface area (Å²) in [6, 6.07) is 3.72. The van der Waals surface area contributed by atoms with E-state index in [1.807, 2.05) is 12.1 Å². The fourth-order valence-corrected chi connectivity index (χ4v) is 4.08. The zero-order valence-corrected chi connectivity index (χ0v) is 17.6. The summed E-state index contributed by atoms with van der Waals surface area (Å²) in [4.78, 5) is 15.8.